The second-order valence-corrected chi connectivity index (χ2v) is 6.39. The maximum Gasteiger partial charge on any atom is 0.258 e. The van der Waals surface area contributed by atoms with Crippen molar-refractivity contribution < 1.29 is 14.3 Å². The third-order valence-corrected chi connectivity index (χ3v) is 4.60. The van der Waals surface area contributed by atoms with Crippen LogP contribution >= 0.6 is 0 Å². The zero-order valence-corrected chi connectivity index (χ0v) is 14.9. The molecule has 2 atom stereocenters. The Morgan fingerprint density at radius 3 is 2.58 bits per heavy atom. The van der Waals surface area contributed by atoms with E-state index in [1.54, 1.807) is 12.1 Å². The van der Waals surface area contributed by atoms with Crippen molar-refractivity contribution in [2.75, 3.05) is 11.9 Å². The number of rotatable bonds is 6. The Bertz CT molecular complexity index is 804. The molecule has 6 nitrogen and oxygen atoms in total. The molecule has 0 saturated carbocycles. The Hall–Kier alpha value is -3.02. The monoisotopic (exact) mass is 353 g/mol. The maximum absolute atomic E-state index is 13.1. The van der Waals surface area contributed by atoms with E-state index >= 15 is 0 Å². The molecule has 2 aromatic rings. The van der Waals surface area contributed by atoms with Crippen LogP contribution in [0.4, 0.5) is 5.69 Å². The van der Waals surface area contributed by atoms with Gasteiger partial charge in [0.25, 0.3) is 11.8 Å². The van der Waals surface area contributed by atoms with Crippen molar-refractivity contribution in [1.82, 2.24) is 4.90 Å². The molecule has 1 aliphatic heterocycles. The summed E-state index contributed by atoms with van der Waals surface area (Å²) >= 11 is 0. The number of ether oxygens (including phenoxy) is 1. The highest BCUT2D eigenvalue weighted by atomic mass is 16.5. The Morgan fingerprint density at radius 2 is 1.92 bits per heavy atom. The van der Waals surface area contributed by atoms with Gasteiger partial charge in [0.2, 0.25) is 0 Å². The van der Waals surface area contributed by atoms with Gasteiger partial charge in [0.15, 0.2) is 6.61 Å². The van der Waals surface area contributed by atoms with Crippen LogP contribution in [0.3, 0.4) is 0 Å². The zero-order chi connectivity index (χ0) is 18.7. The zero-order valence-electron chi connectivity index (χ0n) is 14.9. The van der Waals surface area contributed by atoms with Crippen LogP contribution in [0, 0.1) is 0 Å². The third kappa shape index (κ3) is 3.49. The van der Waals surface area contributed by atoms with Crippen LogP contribution in [0.15, 0.2) is 48.5 Å². The summed E-state index contributed by atoms with van der Waals surface area (Å²) < 4.78 is 5.31. The number of fused-ring (bicyclic) bond motifs is 1. The van der Waals surface area contributed by atoms with Gasteiger partial charge in [-0.2, -0.15) is 0 Å². The Labute approximate surface area is 152 Å². The maximum atomic E-state index is 13.1. The number of nitrogens with one attached hydrogen (secondary N) is 1. The Morgan fingerprint density at radius 1 is 1.23 bits per heavy atom. The van der Waals surface area contributed by atoms with Gasteiger partial charge in [0, 0.05) is 11.7 Å². The fourth-order valence-electron chi connectivity index (χ4n) is 3.06. The van der Waals surface area contributed by atoms with Gasteiger partial charge in [-0.25, -0.2) is 0 Å². The van der Waals surface area contributed by atoms with Crippen molar-refractivity contribution in [3.05, 3.63) is 59.7 Å². The number of primary amides is 1. The quantitative estimate of drug-likeness (QED) is 0.836. The van der Waals surface area contributed by atoms with E-state index in [4.69, 9.17) is 10.5 Å². The molecule has 0 bridgehead atoms. The van der Waals surface area contributed by atoms with Crippen LogP contribution in [0.1, 0.15) is 42.4 Å². The van der Waals surface area contributed by atoms with Gasteiger partial charge in [0.1, 0.15) is 11.9 Å². The lowest BCUT2D eigenvalue weighted by Gasteiger charge is -2.41. The molecule has 0 saturated heterocycles. The molecule has 3 N–H and O–H groups in total. The predicted molar refractivity (Wildman–Crippen MR) is 99.9 cm³/mol. The van der Waals surface area contributed by atoms with E-state index in [-0.39, 0.29) is 24.7 Å². The standard InChI is InChI=1S/C20H23N3O3/c1-3-13(2)23-19(22-17-7-5-4-6-16(17)20(23)25)14-8-10-15(11-9-14)26-12-18(21)24/h4-11,13,19,22H,3,12H2,1-2H3,(H2,21,24). The molecule has 1 heterocycles. The van der Waals surface area contributed by atoms with E-state index < -0.39 is 5.91 Å². The number of para-hydroxylation sites is 1. The van der Waals surface area contributed by atoms with Crippen molar-refractivity contribution in [3.8, 4) is 5.75 Å². The fraction of sp³-hybridized carbons (Fsp3) is 0.300. The number of anilines is 1. The van der Waals surface area contributed by atoms with Gasteiger partial charge in [-0.3, -0.25) is 9.59 Å². The van der Waals surface area contributed by atoms with Crippen molar-refractivity contribution in [1.29, 1.82) is 0 Å². The van der Waals surface area contributed by atoms with Crippen LogP contribution < -0.4 is 15.8 Å². The molecule has 0 aliphatic carbocycles. The lowest BCUT2D eigenvalue weighted by atomic mass is 10.0. The second-order valence-electron chi connectivity index (χ2n) is 6.39. The number of hydrogen-bond acceptors (Lipinski definition) is 4. The third-order valence-electron chi connectivity index (χ3n) is 4.60. The van der Waals surface area contributed by atoms with E-state index in [1.165, 1.54) is 0 Å². The number of benzene rings is 2. The summed E-state index contributed by atoms with van der Waals surface area (Å²) in [5.74, 6) is 0.0612. The molecule has 2 aromatic carbocycles. The van der Waals surface area contributed by atoms with Crippen LogP contribution in [-0.4, -0.2) is 29.4 Å². The van der Waals surface area contributed by atoms with Crippen molar-refractivity contribution in [2.45, 2.75) is 32.5 Å². The number of nitrogens with two attached hydrogens (primary N) is 1. The first-order valence-electron chi connectivity index (χ1n) is 8.70. The van der Waals surface area contributed by atoms with E-state index in [0.29, 0.717) is 11.3 Å². The van der Waals surface area contributed by atoms with Crippen LogP contribution in [0.5, 0.6) is 5.75 Å². The fourth-order valence-corrected chi connectivity index (χ4v) is 3.06. The molecule has 0 radical (unpaired) electrons. The van der Waals surface area contributed by atoms with Gasteiger partial charge < -0.3 is 20.7 Å². The predicted octanol–water partition coefficient (Wildman–Crippen LogP) is 2.92. The first-order chi connectivity index (χ1) is 12.5. The summed E-state index contributed by atoms with van der Waals surface area (Å²) in [7, 11) is 0. The summed E-state index contributed by atoms with van der Waals surface area (Å²) in [5.41, 5.74) is 7.56. The molecule has 0 fully saturated rings. The van der Waals surface area contributed by atoms with Gasteiger partial charge in [-0.1, -0.05) is 31.2 Å². The summed E-state index contributed by atoms with van der Waals surface area (Å²) in [6.07, 6.45) is 0.587. The van der Waals surface area contributed by atoms with Crippen LogP contribution in [0.2, 0.25) is 0 Å². The number of nitrogens with zero attached hydrogens (tertiary/aromatic N) is 1. The average Bonchev–Trinajstić information content (AvgIpc) is 2.66. The topological polar surface area (TPSA) is 84.7 Å². The summed E-state index contributed by atoms with van der Waals surface area (Å²) in [4.78, 5) is 25.8. The highest BCUT2D eigenvalue weighted by molar-refractivity contribution is 6.01. The van der Waals surface area contributed by atoms with Crippen LogP contribution in [0.25, 0.3) is 0 Å². The second kappa shape index (κ2) is 7.47. The number of hydrogen-bond donors (Lipinski definition) is 2. The van der Waals surface area contributed by atoms with Crippen molar-refractivity contribution in [2.24, 2.45) is 5.73 Å². The molecule has 136 valence electrons. The minimum Gasteiger partial charge on any atom is -0.484 e. The number of carbonyl (C=O) groups excluding carboxylic acids is 2. The SMILES string of the molecule is CCC(C)N1C(=O)c2ccccc2NC1c1ccc(OCC(N)=O)cc1. The number of amides is 2. The molecule has 0 spiro atoms. The highest BCUT2D eigenvalue weighted by Crippen LogP contribution is 2.35. The number of carbonyl (C=O) groups is 2. The van der Waals surface area contributed by atoms with Gasteiger partial charge in [-0.05, 0) is 43.2 Å². The molecular weight excluding hydrogens is 330 g/mol. The lowest BCUT2D eigenvalue weighted by Crippen LogP contribution is -2.47. The first kappa shape index (κ1) is 17.8. The normalized spacial score (nSPS) is 17.2. The van der Waals surface area contributed by atoms with Gasteiger partial charge in [0.05, 0.1) is 5.56 Å². The van der Waals surface area contributed by atoms with Gasteiger partial charge >= 0.3 is 0 Å². The first-order valence-corrected chi connectivity index (χ1v) is 8.70. The molecule has 26 heavy (non-hydrogen) atoms. The molecule has 1 aliphatic rings. The smallest absolute Gasteiger partial charge is 0.258 e. The summed E-state index contributed by atoms with van der Waals surface area (Å²) in [6.45, 7) is 3.95. The Balaban J connectivity index is 1.91. The van der Waals surface area contributed by atoms with Crippen molar-refractivity contribution in [3.63, 3.8) is 0 Å². The molecule has 2 unspecified atom stereocenters. The summed E-state index contributed by atoms with van der Waals surface area (Å²) in [6, 6.07) is 15.0. The largest absolute Gasteiger partial charge is 0.484 e. The van der Waals surface area contributed by atoms with Crippen molar-refractivity contribution >= 4 is 17.5 Å². The van der Waals surface area contributed by atoms with E-state index in [1.807, 2.05) is 48.2 Å². The average molecular weight is 353 g/mol. The molecular formula is C20H23N3O3. The van der Waals surface area contributed by atoms with E-state index in [0.717, 1.165) is 17.7 Å². The minimum atomic E-state index is -0.520. The molecule has 6 heteroatoms. The highest BCUT2D eigenvalue weighted by Gasteiger charge is 2.35. The van der Waals surface area contributed by atoms with Gasteiger partial charge in [-0.15, -0.1) is 0 Å². The molecule has 0 aromatic heterocycles. The van der Waals surface area contributed by atoms with Crippen LogP contribution in [-0.2, 0) is 4.79 Å². The molecule has 3 rings (SSSR count). The summed E-state index contributed by atoms with van der Waals surface area (Å²) in [5, 5.41) is 3.47. The molecule has 2 amide bonds. The van der Waals surface area contributed by atoms with E-state index in [2.05, 4.69) is 12.2 Å². The minimum absolute atomic E-state index is 0.0211. The Kier molecular flexibility index (Phi) is 5.11. The van der Waals surface area contributed by atoms with E-state index in [9.17, 15) is 9.59 Å². The lowest BCUT2D eigenvalue weighted by molar-refractivity contribution is -0.119.